The standard InChI is InChI=1S/C19H26N4O4/c1-13(25)20-17-7-6-15(27-19(17)12-24)8-9-23-11-18(21-22-23)14-4-3-5-16(10-14)26-2/h3-5,10-11,15,17,19,24H,6-9,12H2,1-2H3,(H,20,25)/t15-,17+,19+/m0/s1. The second kappa shape index (κ2) is 8.96. The topological polar surface area (TPSA) is 98.5 Å². The van der Waals surface area contributed by atoms with Gasteiger partial charge >= 0.3 is 0 Å². The summed E-state index contributed by atoms with van der Waals surface area (Å²) in [5, 5.41) is 20.8. The largest absolute Gasteiger partial charge is 0.497 e. The normalized spacial score (nSPS) is 22.4. The van der Waals surface area contributed by atoms with Crippen molar-refractivity contribution in [3.8, 4) is 17.0 Å². The van der Waals surface area contributed by atoms with Crippen molar-refractivity contribution in [2.45, 2.75) is 51.0 Å². The molecule has 3 atom stereocenters. The van der Waals surface area contributed by atoms with Gasteiger partial charge in [0.2, 0.25) is 5.91 Å². The van der Waals surface area contributed by atoms with E-state index in [0.29, 0.717) is 6.54 Å². The number of aromatic nitrogens is 3. The zero-order valence-corrected chi connectivity index (χ0v) is 15.7. The molecule has 0 spiro atoms. The second-order valence-corrected chi connectivity index (χ2v) is 6.75. The van der Waals surface area contributed by atoms with E-state index in [9.17, 15) is 9.90 Å². The van der Waals surface area contributed by atoms with Gasteiger partial charge in [0, 0.05) is 19.0 Å². The van der Waals surface area contributed by atoms with E-state index in [-0.39, 0.29) is 30.8 Å². The van der Waals surface area contributed by atoms with E-state index in [1.165, 1.54) is 6.92 Å². The number of methoxy groups -OCH3 is 1. The molecule has 0 unspecified atom stereocenters. The summed E-state index contributed by atoms with van der Waals surface area (Å²) in [6.45, 7) is 2.04. The Labute approximate surface area is 158 Å². The van der Waals surface area contributed by atoms with Gasteiger partial charge in [-0.15, -0.1) is 5.10 Å². The molecule has 2 N–H and O–H groups in total. The van der Waals surface area contributed by atoms with Gasteiger partial charge in [-0.2, -0.15) is 0 Å². The lowest BCUT2D eigenvalue weighted by molar-refractivity contribution is -0.126. The van der Waals surface area contributed by atoms with E-state index in [1.54, 1.807) is 11.8 Å². The van der Waals surface area contributed by atoms with Gasteiger partial charge in [-0.25, -0.2) is 0 Å². The van der Waals surface area contributed by atoms with Crippen LogP contribution in [0.1, 0.15) is 26.2 Å². The molecule has 0 bridgehead atoms. The highest BCUT2D eigenvalue weighted by Crippen LogP contribution is 2.24. The fraction of sp³-hybridized carbons (Fsp3) is 0.526. The number of benzene rings is 1. The first-order valence-corrected chi connectivity index (χ1v) is 9.17. The lowest BCUT2D eigenvalue weighted by atomic mass is 9.97. The van der Waals surface area contributed by atoms with E-state index in [0.717, 1.165) is 36.3 Å². The van der Waals surface area contributed by atoms with Crippen LogP contribution in [-0.2, 0) is 16.1 Å². The molecular weight excluding hydrogens is 348 g/mol. The molecule has 27 heavy (non-hydrogen) atoms. The highest BCUT2D eigenvalue weighted by molar-refractivity contribution is 5.73. The number of hydrogen-bond acceptors (Lipinski definition) is 6. The molecule has 1 aliphatic rings. The molecule has 2 aromatic rings. The molecule has 1 saturated heterocycles. The maximum absolute atomic E-state index is 11.3. The Kier molecular flexibility index (Phi) is 6.41. The van der Waals surface area contributed by atoms with Gasteiger partial charge < -0.3 is 19.9 Å². The van der Waals surface area contributed by atoms with Gasteiger partial charge in [0.25, 0.3) is 0 Å². The lowest BCUT2D eigenvalue weighted by Crippen LogP contribution is -2.50. The number of rotatable bonds is 7. The van der Waals surface area contributed by atoms with Gasteiger partial charge in [-0.3, -0.25) is 9.48 Å². The van der Waals surface area contributed by atoms with Crippen LogP contribution in [0.2, 0.25) is 0 Å². The Morgan fingerprint density at radius 1 is 1.44 bits per heavy atom. The molecule has 3 rings (SSSR count). The number of carbonyl (C=O) groups is 1. The molecular formula is C19H26N4O4. The van der Waals surface area contributed by atoms with Gasteiger partial charge in [-0.1, -0.05) is 17.3 Å². The van der Waals surface area contributed by atoms with Gasteiger partial charge in [-0.05, 0) is 31.4 Å². The molecule has 146 valence electrons. The van der Waals surface area contributed by atoms with Crippen molar-refractivity contribution in [2.24, 2.45) is 0 Å². The van der Waals surface area contributed by atoms with Crippen LogP contribution in [0.25, 0.3) is 11.3 Å². The predicted octanol–water partition coefficient (Wildman–Crippen LogP) is 1.39. The van der Waals surface area contributed by atoms with Crippen molar-refractivity contribution in [1.82, 2.24) is 20.3 Å². The van der Waals surface area contributed by atoms with Crippen molar-refractivity contribution >= 4 is 5.91 Å². The molecule has 8 heteroatoms. The molecule has 0 saturated carbocycles. The third-order valence-corrected chi connectivity index (χ3v) is 4.77. The number of amides is 1. The SMILES string of the molecule is COc1cccc(-c2cn(CC[C@@H]3CC[C@@H](NC(C)=O)[C@@H](CO)O3)nn2)c1. The van der Waals surface area contributed by atoms with Crippen LogP contribution in [0.3, 0.4) is 0 Å². The summed E-state index contributed by atoms with van der Waals surface area (Å²) >= 11 is 0. The summed E-state index contributed by atoms with van der Waals surface area (Å²) in [5.74, 6) is 0.676. The molecule has 1 aromatic carbocycles. The third kappa shape index (κ3) is 5.05. The minimum absolute atomic E-state index is 0.0247. The summed E-state index contributed by atoms with van der Waals surface area (Å²) < 4.78 is 13.0. The highest BCUT2D eigenvalue weighted by Gasteiger charge is 2.31. The second-order valence-electron chi connectivity index (χ2n) is 6.75. The fourth-order valence-electron chi connectivity index (χ4n) is 3.37. The van der Waals surface area contributed by atoms with E-state index in [4.69, 9.17) is 9.47 Å². The maximum atomic E-state index is 11.3. The molecule has 1 amide bonds. The van der Waals surface area contributed by atoms with Crippen LogP contribution in [0.5, 0.6) is 5.75 Å². The molecule has 1 aromatic heterocycles. The summed E-state index contributed by atoms with van der Waals surface area (Å²) in [6, 6.07) is 7.57. The fourth-order valence-corrected chi connectivity index (χ4v) is 3.37. The highest BCUT2D eigenvalue weighted by atomic mass is 16.5. The number of carbonyl (C=O) groups excluding carboxylic acids is 1. The quantitative estimate of drug-likeness (QED) is 0.760. The molecule has 2 heterocycles. The van der Waals surface area contributed by atoms with Crippen LogP contribution in [0, 0.1) is 0 Å². The lowest BCUT2D eigenvalue weighted by Gasteiger charge is -2.36. The third-order valence-electron chi connectivity index (χ3n) is 4.77. The van der Waals surface area contributed by atoms with Crippen LogP contribution in [0.15, 0.2) is 30.5 Å². The summed E-state index contributed by atoms with van der Waals surface area (Å²) in [4.78, 5) is 11.3. The summed E-state index contributed by atoms with van der Waals surface area (Å²) in [5.41, 5.74) is 1.74. The Bertz CT molecular complexity index is 764. The van der Waals surface area contributed by atoms with Crippen LogP contribution >= 0.6 is 0 Å². The molecule has 8 nitrogen and oxygen atoms in total. The van der Waals surface area contributed by atoms with Crippen LogP contribution in [0.4, 0.5) is 0 Å². The number of nitrogens with zero attached hydrogens (tertiary/aromatic N) is 3. The number of aliphatic hydroxyl groups excluding tert-OH is 1. The van der Waals surface area contributed by atoms with Gasteiger partial charge in [0.1, 0.15) is 17.5 Å². The molecule has 0 aliphatic carbocycles. The van der Waals surface area contributed by atoms with E-state index < -0.39 is 0 Å². The number of aliphatic hydroxyl groups is 1. The average Bonchev–Trinajstić information content (AvgIpc) is 3.16. The number of aryl methyl sites for hydroxylation is 1. The molecule has 1 fully saturated rings. The van der Waals surface area contributed by atoms with Crippen molar-refractivity contribution < 1.29 is 19.4 Å². The Morgan fingerprint density at radius 3 is 3.04 bits per heavy atom. The molecule has 0 radical (unpaired) electrons. The first kappa shape index (κ1) is 19.3. The zero-order chi connectivity index (χ0) is 19.2. The smallest absolute Gasteiger partial charge is 0.217 e. The number of ether oxygens (including phenoxy) is 2. The Hall–Kier alpha value is -2.45. The first-order chi connectivity index (χ1) is 13.1. The van der Waals surface area contributed by atoms with Crippen molar-refractivity contribution in [3.05, 3.63) is 30.5 Å². The van der Waals surface area contributed by atoms with E-state index in [1.807, 2.05) is 30.5 Å². The summed E-state index contributed by atoms with van der Waals surface area (Å²) in [6.07, 6.45) is 3.96. The predicted molar refractivity (Wildman–Crippen MR) is 99.2 cm³/mol. The summed E-state index contributed by atoms with van der Waals surface area (Å²) in [7, 11) is 1.64. The van der Waals surface area contributed by atoms with Crippen molar-refractivity contribution in [2.75, 3.05) is 13.7 Å². The van der Waals surface area contributed by atoms with Crippen LogP contribution < -0.4 is 10.1 Å². The minimum Gasteiger partial charge on any atom is -0.497 e. The van der Waals surface area contributed by atoms with E-state index in [2.05, 4.69) is 15.6 Å². The monoisotopic (exact) mass is 374 g/mol. The van der Waals surface area contributed by atoms with Crippen LogP contribution in [-0.4, -0.2) is 58.0 Å². The minimum atomic E-state index is -0.365. The van der Waals surface area contributed by atoms with Gasteiger partial charge in [0.15, 0.2) is 0 Å². The Balaban J connectivity index is 1.55. The van der Waals surface area contributed by atoms with Crippen molar-refractivity contribution in [3.63, 3.8) is 0 Å². The van der Waals surface area contributed by atoms with E-state index >= 15 is 0 Å². The first-order valence-electron chi connectivity index (χ1n) is 9.17. The molecule has 1 aliphatic heterocycles. The van der Waals surface area contributed by atoms with Gasteiger partial charge in [0.05, 0.1) is 32.1 Å². The van der Waals surface area contributed by atoms with Crippen molar-refractivity contribution in [1.29, 1.82) is 0 Å². The average molecular weight is 374 g/mol. The number of nitrogens with one attached hydrogen (secondary N) is 1. The Morgan fingerprint density at radius 2 is 2.30 bits per heavy atom. The number of hydrogen-bond donors (Lipinski definition) is 2. The zero-order valence-electron chi connectivity index (χ0n) is 15.7. The maximum Gasteiger partial charge on any atom is 0.217 e.